The number of hydrogen-bond acceptors (Lipinski definition) is 2. The molecule has 4 nitrogen and oxygen atoms in total. The first-order chi connectivity index (χ1) is 11.7. The molecule has 1 heterocycles. The van der Waals surface area contributed by atoms with Crippen molar-refractivity contribution in [2.24, 2.45) is 5.92 Å². The zero-order valence-electron chi connectivity index (χ0n) is 14.5. The van der Waals surface area contributed by atoms with Crippen molar-refractivity contribution in [1.29, 1.82) is 0 Å². The van der Waals surface area contributed by atoms with Crippen LogP contribution in [0.4, 0.5) is 0 Å². The van der Waals surface area contributed by atoms with E-state index in [2.05, 4.69) is 5.32 Å². The van der Waals surface area contributed by atoms with Crippen molar-refractivity contribution in [3.8, 4) is 0 Å². The molecule has 1 N–H and O–H groups in total. The molecule has 24 heavy (non-hydrogen) atoms. The molecule has 2 amide bonds. The Hall–Kier alpha value is -1.84. The first-order valence-corrected chi connectivity index (χ1v) is 9.32. The van der Waals surface area contributed by atoms with Crippen molar-refractivity contribution in [2.75, 3.05) is 6.54 Å². The van der Waals surface area contributed by atoms with E-state index in [1.54, 1.807) is 0 Å². The van der Waals surface area contributed by atoms with Crippen LogP contribution in [0.2, 0.25) is 0 Å². The lowest BCUT2D eigenvalue weighted by molar-refractivity contribution is -0.142. The number of carbonyl (C=O) groups excluding carboxylic acids is 2. The molecule has 130 valence electrons. The highest BCUT2D eigenvalue weighted by molar-refractivity contribution is 5.89. The van der Waals surface area contributed by atoms with E-state index in [1.165, 1.54) is 6.42 Å². The molecule has 0 unspecified atom stereocenters. The standard InChI is InChI=1S/C20H28N2O2/c1-15(16-9-4-2-5-10-16)21-19(23)18-13-8-14-22(18)20(24)17-11-6-3-7-12-17/h2,4-5,9-10,15,17-18H,3,6-8,11-14H2,1H3,(H,21,23)/t15-,18+/m0/s1. The summed E-state index contributed by atoms with van der Waals surface area (Å²) in [5.74, 6) is 0.339. The third-order valence-electron chi connectivity index (χ3n) is 5.45. The Morgan fingerprint density at radius 1 is 1.04 bits per heavy atom. The van der Waals surface area contributed by atoms with Gasteiger partial charge in [0.1, 0.15) is 6.04 Å². The molecule has 0 aromatic heterocycles. The first-order valence-electron chi connectivity index (χ1n) is 9.32. The van der Waals surface area contributed by atoms with Crippen molar-refractivity contribution in [3.05, 3.63) is 35.9 Å². The van der Waals surface area contributed by atoms with E-state index in [-0.39, 0.29) is 29.8 Å². The summed E-state index contributed by atoms with van der Waals surface area (Å²) in [6, 6.07) is 9.64. The summed E-state index contributed by atoms with van der Waals surface area (Å²) < 4.78 is 0. The lowest BCUT2D eigenvalue weighted by Crippen LogP contribution is -2.48. The van der Waals surface area contributed by atoms with Gasteiger partial charge in [-0.2, -0.15) is 0 Å². The number of benzene rings is 1. The summed E-state index contributed by atoms with van der Waals surface area (Å²) >= 11 is 0. The van der Waals surface area contributed by atoms with Crippen LogP contribution in [-0.2, 0) is 9.59 Å². The van der Waals surface area contributed by atoms with Gasteiger partial charge in [-0.15, -0.1) is 0 Å². The molecule has 1 aromatic carbocycles. The van der Waals surface area contributed by atoms with Crippen molar-refractivity contribution >= 4 is 11.8 Å². The van der Waals surface area contributed by atoms with E-state index in [1.807, 2.05) is 42.2 Å². The van der Waals surface area contributed by atoms with E-state index in [9.17, 15) is 9.59 Å². The number of likely N-dealkylation sites (tertiary alicyclic amines) is 1. The Bertz CT molecular complexity index is 566. The molecule has 4 heteroatoms. The largest absolute Gasteiger partial charge is 0.348 e. The molecule has 2 fully saturated rings. The molecule has 2 aliphatic rings. The summed E-state index contributed by atoms with van der Waals surface area (Å²) in [5.41, 5.74) is 1.09. The predicted molar refractivity (Wildman–Crippen MR) is 94.3 cm³/mol. The summed E-state index contributed by atoms with van der Waals surface area (Å²) in [5, 5.41) is 3.09. The minimum atomic E-state index is -0.286. The average molecular weight is 328 g/mol. The SMILES string of the molecule is C[C@H](NC(=O)[C@H]1CCCN1C(=O)C1CCCCC1)c1ccccc1. The normalized spacial score (nSPS) is 23.0. The molecule has 1 aliphatic heterocycles. The van der Waals surface area contributed by atoms with E-state index in [0.717, 1.165) is 50.6 Å². The summed E-state index contributed by atoms with van der Waals surface area (Å²) in [4.78, 5) is 27.4. The van der Waals surface area contributed by atoms with E-state index < -0.39 is 0 Å². The average Bonchev–Trinajstić information content (AvgIpc) is 3.12. The third kappa shape index (κ3) is 3.80. The number of rotatable bonds is 4. The fourth-order valence-corrected chi connectivity index (χ4v) is 4.02. The van der Waals surface area contributed by atoms with Crippen LogP contribution in [-0.4, -0.2) is 29.3 Å². The molecule has 1 aliphatic carbocycles. The van der Waals surface area contributed by atoms with E-state index in [4.69, 9.17) is 0 Å². The molecule has 1 aromatic rings. The minimum absolute atomic E-state index is 0.00647. The number of hydrogen-bond donors (Lipinski definition) is 1. The molecule has 3 rings (SSSR count). The first kappa shape index (κ1) is 17.0. The molecule has 1 saturated heterocycles. The zero-order chi connectivity index (χ0) is 16.9. The topological polar surface area (TPSA) is 49.4 Å². The third-order valence-corrected chi connectivity index (χ3v) is 5.45. The number of amides is 2. The van der Waals surface area contributed by atoms with Gasteiger partial charge in [0, 0.05) is 12.5 Å². The number of carbonyl (C=O) groups is 2. The molecule has 2 atom stereocenters. The van der Waals surface area contributed by atoms with Crippen molar-refractivity contribution in [2.45, 2.75) is 64.0 Å². The van der Waals surface area contributed by atoms with Gasteiger partial charge in [-0.3, -0.25) is 9.59 Å². The van der Waals surface area contributed by atoms with Crippen LogP contribution in [0.15, 0.2) is 30.3 Å². The maximum Gasteiger partial charge on any atom is 0.243 e. The second-order valence-electron chi connectivity index (χ2n) is 7.17. The number of nitrogens with zero attached hydrogens (tertiary/aromatic N) is 1. The highest BCUT2D eigenvalue weighted by Crippen LogP contribution is 2.29. The molecule has 1 saturated carbocycles. The Labute approximate surface area is 144 Å². The van der Waals surface area contributed by atoms with Crippen molar-refractivity contribution < 1.29 is 9.59 Å². The Morgan fingerprint density at radius 2 is 1.75 bits per heavy atom. The second-order valence-corrected chi connectivity index (χ2v) is 7.17. The van der Waals surface area contributed by atoms with E-state index >= 15 is 0 Å². The fourth-order valence-electron chi connectivity index (χ4n) is 4.02. The lowest BCUT2D eigenvalue weighted by atomic mass is 9.88. The van der Waals surface area contributed by atoms with Gasteiger partial charge in [0.2, 0.25) is 11.8 Å². The van der Waals surface area contributed by atoms with Crippen LogP contribution in [0.3, 0.4) is 0 Å². The fraction of sp³-hybridized carbons (Fsp3) is 0.600. The van der Waals surface area contributed by atoms with Crippen LogP contribution in [0, 0.1) is 5.92 Å². The van der Waals surface area contributed by atoms with Gasteiger partial charge in [-0.25, -0.2) is 0 Å². The number of nitrogens with one attached hydrogen (secondary N) is 1. The minimum Gasteiger partial charge on any atom is -0.348 e. The molecule has 0 spiro atoms. The lowest BCUT2D eigenvalue weighted by Gasteiger charge is -2.30. The van der Waals surface area contributed by atoms with Crippen LogP contribution in [0.25, 0.3) is 0 Å². The molecule has 0 radical (unpaired) electrons. The van der Waals surface area contributed by atoms with Crippen LogP contribution < -0.4 is 5.32 Å². The Morgan fingerprint density at radius 3 is 2.46 bits per heavy atom. The maximum absolute atomic E-state index is 12.8. The summed E-state index contributed by atoms with van der Waals surface area (Å²) in [6.07, 6.45) is 7.22. The monoisotopic (exact) mass is 328 g/mol. The van der Waals surface area contributed by atoms with Gasteiger partial charge in [0.25, 0.3) is 0 Å². The summed E-state index contributed by atoms with van der Waals surface area (Å²) in [6.45, 7) is 2.72. The molecular formula is C20H28N2O2. The Kier molecular flexibility index (Phi) is 5.54. The van der Waals surface area contributed by atoms with Crippen LogP contribution in [0.1, 0.15) is 63.5 Å². The van der Waals surface area contributed by atoms with Gasteiger partial charge < -0.3 is 10.2 Å². The highest BCUT2D eigenvalue weighted by Gasteiger charge is 2.37. The van der Waals surface area contributed by atoms with Crippen molar-refractivity contribution in [1.82, 2.24) is 10.2 Å². The quantitative estimate of drug-likeness (QED) is 0.920. The van der Waals surface area contributed by atoms with Gasteiger partial charge in [-0.1, -0.05) is 49.6 Å². The van der Waals surface area contributed by atoms with Crippen LogP contribution >= 0.6 is 0 Å². The van der Waals surface area contributed by atoms with Crippen molar-refractivity contribution in [3.63, 3.8) is 0 Å². The van der Waals surface area contributed by atoms with Crippen LogP contribution in [0.5, 0.6) is 0 Å². The molecule has 0 bridgehead atoms. The van der Waals surface area contributed by atoms with E-state index in [0.29, 0.717) is 0 Å². The van der Waals surface area contributed by atoms with Gasteiger partial charge in [0.05, 0.1) is 6.04 Å². The smallest absolute Gasteiger partial charge is 0.243 e. The van der Waals surface area contributed by atoms with Gasteiger partial charge in [0.15, 0.2) is 0 Å². The van der Waals surface area contributed by atoms with Gasteiger partial charge in [-0.05, 0) is 38.2 Å². The maximum atomic E-state index is 12.8. The highest BCUT2D eigenvalue weighted by atomic mass is 16.2. The summed E-state index contributed by atoms with van der Waals surface area (Å²) in [7, 11) is 0. The second kappa shape index (κ2) is 7.82. The van der Waals surface area contributed by atoms with Gasteiger partial charge >= 0.3 is 0 Å². The zero-order valence-corrected chi connectivity index (χ0v) is 14.5. The Balaban J connectivity index is 1.62. The molecular weight excluding hydrogens is 300 g/mol. The predicted octanol–water partition coefficient (Wildman–Crippen LogP) is 3.44.